The third-order valence-electron chi connectivity index (χ3n) is 3.44. The molecule has 0 aliphatic rings. The lowest BCUT2D eigenvalue weighted by Gasteiger charge is -2.28. The Bertz CT molecular complexity index is 643. The standard InChI is InChI=1S/C17H17ClF3NO/c1-12-5-7-13(8-6-12)10-22(11-16(23)17(19,20)21)15-4-2-3-14(18)9-15/h2-9,16,23H,10-11H2,1H3. The monoisotopic (exact) mass is 343 g/mol. The molecule has 0 saturated carbocycles. The van der Waals surface area contributed by atoms with Crippen LogP contribution < -0.4 is 4.90 Å². The summed E-state index contributed by atoms with van der Waals surface area (Å²) in [6.45, 7) is 1.62. The SMILES string of the molecule is Cc1ccc(CN(CC(O)C(F)(F)F)c2cccc(Cl)c2)cc1. The van der Waals surface area contributed by atoms with Crippen molar-refractivity contribution in [3.05, 3.63) is 64.7 Å². The van der Waals surface area contributed by atoms with Crippen LogP contribution in [0.2, 0.25) is 5.02 Å². The van der Waals surface area contributed by atoms with Gasteiger partial charge in [0.15, 0.2) is 6.10 Å². The Labute approximate surface area is 138 Å². The van der Waals surface area contributed by atoms with E-state index in [9.17, 15) is 18.3 Å². The Kier molecular flexibility index (Phi) is 5.55. The van der Waals surface area contributed by atoms with Gasteiger partial charge in [0.1, 0.15) is 0 Å². The van der Waals surface area contributed by atoms with E-state index in [1.165, 1.54) is 4.90 Å². The highest BCUT2D eigenvalue weighted by Crippen LogP contribution is 2.26. The van der Waals surface area contributed by atoms with E-state index >= 15 is 0 Å². The van der Waals surface area contributed by atoms with Gasteiger partial charge in [-0.1, -0.05) is 47.5 Å². The van der Waals surface area contributed by atoms with Crippen molar-refractivity contribution in [1.82, 2.24) is 0 Å². The molecular weight excluding hydrogens is 327 g/mol. The number of benzene rings is 2. The third-order valence-corrected chi connectivity index (χ3v) is 3.67. The van der Waals surface area contributed by atoms with Gasteiger partial charge in [-0.05, 0) is 30.7 Å². The molecule has 0 saturated heterocycles. The molecule has 0 heterocycles. The fourth-order valence-electron chi connectivity index (χ4n) is 2.16. The minimum Gasteiger partial charge on any atom is -0.382 e. The highest BCUT2D eigenvalue weighted by Gasteiger charge is 2.39. The lowest BCUT2D eigenvalue weighted by Crippen LogP contribution is -2.40. The zero-order valence-electron chi connectivity index (χ0n) is 12.5. The lowest BCUT2D eigenvalue weighted by atomic mass is 10.1. The topological polar surface area (TPSA) is 23.5 Å². The molecule has 6 heteroatoms. The average Bonchev–Trinajstić information content (AvgIpc) is 2.47. The van der Waals surface area contributed by atoms with Gasteiger partial charge in [0.25, 0.3) is 0 Å². The van der Waals surface area contributed by atoms with Gasteiger partial charge in [-0.15, -0.1) is 0 Å². The molecule has 124 valence electrons. The number of hydrogen-bond acceptors (Lipinski definition) is 2. The first-order valence-corrected chi connectivity index (χ1v) is 7.44. The van der Waals surface area contributed by atoms with Crippen LogP contribution in [0.5, 0.6) is 0 Å². The number of hydrogen-bond donors (Lipinski definition) is 1. The number of anilines is 1. The molecule has 1 N–H and O–H groups in total. The van der Waals surface area contributed by atoms with Gasteiger partial charge in [0, 0.05) is 17.3 Å². The van der Waals surface area contributed by atoms with Gasteiger partial charge in [-0.3, -0.25) is 0 Å². The van der Waals surface area contributed by atoms with Crippen molar-refractivity contribution < 1.29 is 18.3 Å². The summed E-state index contributed by atoms with van der Waals surface area (Å²) >= 11 is 5.93. The van der Waals surface area contributed by atoms with Gasteiger partial charge >= 0.3 is 6.18 Å². The zero-order chi connectivity index (χ0) is 17.0. The van der Waals surface area contributed by atoms with Crippen molar-refractivity contribution >= 4 is 17.3 Å². The summed E-state index contributed by atoms with van der Waals surface area (Å²) in [5.41, 5.74) is 2.45. The number of rotatable bonds is 5. The fourth-order valence-corrected chi connectivity index (χ4v) is 2.34. The summed E-state index contributed by atoms with van der Waals surface area (Å²) in [5, 5.41) is 9.84. The van der Waals surface area contributed by atoms with E-state index in [0.29, 0.717) is 10.7 Å². The van der Waals surface area contributed by atoms with Gasteiger partial charge in [-0.25, -0.2) is 0 Å². The Balaban J connectivity index is 2.25. The molecular formula is C17H17ClF3NO. The van der Waals surface area contributed by atoms with Crippen LogP contribution in [0.15, 0.2) is 48.5 Å². The van der Waals surface area contributed by atoms with E-state index in [-0.39, 0.29) is 6.54 Å². The smallest absolute Gasteiger partial charge is 0.382 e. The Morgan fingerprint density at radius 2 is 1.78 bits per heavy atom. The first-order chi connectivity index (χ1) is 10.8. The van der Waals surface area contributed by atoms with Crippen LogP contribution >= 0.6 is 11.6 Å². The van der Waals surface area contributed by atoms with Crippen molar-refractivity contribution in [3.8, 4) is 0 Å². The quantitative estimate of drug-likeness (QED) is 0.859. The molecule has 0 aliphatic heterocycles. The molecule has 2 aromatic rings. The summed E-state index contributed by atoms with van der Waals surface area (Å²) in [7, 11) is 0. The highest BCUT2D eigenvalue weighted by molar-refractivity contribution is 6.30. The van der Waals surface area contributed by atoms with Crippen molar-refractivity contribution in [2.75, 3.05) is 11.4 Å². The third kappa shape index (κ3) is 5.15. The van der Waals surface area contributed by atoms with Crippen LogP contribution in [0, 0.1) is 6.92 Å². The Morgan fingerprint density at radius 3 is 2.35 bits per heavy atom. The first kappa shape index (κ1) is 17.6. The van der Waals surface area contributed by atoms with Crippen LogP contribution in [0.3, 0.4) is 0 Å². The number of halogens is 4. The normalized spacial score (nSPS) is 13.0. The maximum absolute atomic E-state index is 12.7. The number of aliphatic hydroxyl groups excluding tert-OH is 1. The minimum absolute atomic E-state index is 0.244. The van der Waals surface area contributed by atoms with Gasteiger partial charge in [-0.2, -0.15) is 13.2 Å². The molecule has 0 fully saturated rings. The summed E-state index contributed by atoms with van der Waals surface area (Å²) in [4.78, 5) is 1.47. The maximum Gasteiger partial charge on any atom is 0.416 e. The second-order valence-electron chi connectivity index (χ2n) is 5.40. The lowest BCUT2D eigenvalue weighted by molar-refractivity contribution is -0.200. The predicted octanol–water partition coefficient (Wildman–Crippen LogP) is 4.58. The predicted molar refractivity (Wildman–Crippen MR) is 85.7 cm³/mol. The number of aliphatic hydroxyl groups is 1. The van der Waals surface area contributed by atoms with Crippen LogP contribution in [0.25, 0.3) is 0 Å². The fraction of sp³-hybridized carbons (Fsp3) is 0.294. The van der Waals surface area contributed by atoms with Crippen LogP contribution in [0.1, 0.15) is 11.1 Å². The highest BCUT2D eigenvalue weighted by atomic mass is 35.5. The summed E-state index contributed by atoms with van der Waals surface area (Å²) in [6, 6.07) is 14.1. The van der Waals surface area contributed by atoms with Gasteiger partial charge < -0.3 is 10.0 Å². The molecule has 0 radical (unpaired) electrons. The maximum atomic E-state index is 12.7. The second-order valence-corrected chi connectivity index (χ2v) is 5.84. The second kappa shape index (κ2) is 7.23. The molecule has 2 aromatic carbocycles. The number of aryl methyl sites for hydroxylation is 1. The number of alkyl halides is 3. The van der Waals surface area contributed by atoms with E-state index in [1.807, 2.05) is 31.2 Å². The Hall–Kier alpha value is -1.72. The van der Waals surface area contributed by atoms with E-state index < -0.39 is 18.8 Å². The molecule has 2 rings (SSSR count). The van der Waals surface area contributed by atoms with E-state index in [4.69, 9.17) is 11.6 Å². The van der Waals surface area contributed by atoms with E-state index in [2.05, 4.69) is 0 Å². The van der Waals surface area contributed by atoms with Crippen molar-refractivity contribution in [2.24, 2.45) is 0 Å². The molecule has 1 atom stereocenters. The number of nitrogens with zero attached hydrogens (tertiary/aromatic N) is 1. The van der Waals surface area contributed by atoms with Crippen LogP contribution in [-0.2, 0) is 6.54 Å². The van der Waals surface area contributed by atoms with E-state index in [1.54, 1.807) is 24.3 Å². The molecule has 0 spiro atoms. The first-order valence-electron chi connectivity index (χ1n) is 7.06. The minimum atomic E-state index is -4.66. The summed E-state index contributed by atoms with van der Waals surface area (Å²) in [6.07, 6.45) is -7.09. The average molecular weight is 344 g/mol. The molecule has 23 heavy (non-hydrogen) atoms. The molecule has 0 aliphatic carbocycles. The molecule has 0 bridgehead atoms. The van der Waals surface area contributed by atoms with E-state index in [0.717, 1.165) is 11.1 Å². The molecule has 0 aromatic heterocycles. The molecule has 2 nitrogen and oxygen atoms in total. The van der Waals surface area contributed by atoms with Gasteiger partial charge in [0.05, 0.1) is 6.54 Å². The summed E-state index contributed by atoms with van der Waals surface area (Å²) < 4.78 is 38.1. The van der Waals surface area contributed by atoms with Gasteiger partial charge in [0.2, 0.25) is 0 Å². The summed E-state index contributed by atoms with van der Waals surface area (Å²) in [5.74, 6) is 0. The van der Waals surface area contributed by atoms with Crippen LogP contribution in [-0.4, -0.2) is 23.9 Å². The molecule has 0 amide bonds. The zero-order valence-corrected chi connectivity index (χ0v) is 13.3. The van der Waals surface area contributed by atoms with Crippen LogP contribution in [0.4, 0.5) is 18.9 Å². The van der Waals surface area contributed by atoms with Crippen molar-refractivity contribution in [2.45, 2.75) is 25.7 Å². The molecule has 1 unspecified atom stereocenters. The Morgan fingerprint density at radius 1 is 1.13 bits per heavy atom. The van der Waals surface area contributed by atoms with Crippen molar-refractivity contribution in [1.29, 1.82) is 0 Å². The van der Waals surface area contributed by atoms with Crippen molar-refractivity contribution in [3.63, 3.8) is 0 Å². The largest absolute Gasteiger partial charge is 0.416 e.